The molecular weight excluding hydrogens is 393 g/mol. The number of aromatic nitrogens is 1. The SMILES string of the molecule is Cc1ccc(NC(=O)Nc2cc(CN3CCCCC3C3CCNCC3)ccc2F)cn1. The molecule has 2 saturated heterocycles. The highest BCUT2D eigenvalue weighted by Crippen LogP contribution is 2.30. The van der Waals surface area contributed by atoms with Gasteiger partial charge in [-0.05, 0) is 88.0 Å². The fraction of sp³-hybridized carbons (Fsp3) is 0.500. The van der Waals surface area contributed by atoms with Gasteiger partial charge in [0.1, 0.15) is 5.82 Å². The van der Waals surface area contributed by atoms with Crippen LogP contribution in [0, 0.1) is 18.7 Å². The van der Waals surface area contributed by atoms with Crippen LogP contribution in [-0.2, 0) is 6.54 Å². The van der Waals surface area contributed by atoms with Gasteiger partial charge in [-0.15, -0.1) is 0 Å². The third-order valence-electron chi connectivity index (χ3n) is 6.43. The lowest BCUT2D eigenvalue weighted by molar-refractivity contribution is 0.0778. The molecule has 2 aliphatic rings. The Morgan fingerprint density at radius 2 is 2.00 bits per heavy atom. The van der Waals surface area contributed by atoms with E-state index in [1.54, 1.807) is 18.3 Å². The molecule has 0 spiro atoms. The molecule has 2 aromatic rings. The minimum Gasteiger partial charge on any atom is -0.317 e. The zero-order valence-corrected chi connectivity index (χ0v) is 18.2. The van der Waals surface area contributed by atoms with Crippen molar-refractivity contribution in [2.24, 2.45) is 5.92 Å². The summed E-state index contributed by atoms with van der Waals surface area (Å²) in [6.07, 6.45) is 7.77. The number of hydrogen-bond donors (Lipinski definition) is 3. The van der Waals surface area contributed by atoms with Gasteiger partial charge >= 0.3 is 6.03 Å². The van der Waals surface area contributed by atoms with Crippen LogP contribution in [0.25, 0.3) is 0 Å². The first-order chi connectivity index (χ1) is 15.1. The molecule has 2 fully saturated rings. The number of urea groups is 1. The summed E-state index contributed by atoms with van der Waals surface area (Å²) in [5.74, 6) is 0.294. The molecule has 2 amide bonds. The van der Waals surface area contributed by atoms with Crippen molar-refractivity contribution in [3.63, 3.8) is 0 Å². The highest BCUT2D eigenvalue weighted by molar-refractivity contribution is 5.99. The molecule has 1 aromatic carbocycles. The van der Waals surface area contributed by atoms with E-state index in [2.05, 4.69) is 25.8 Å². The van der Waals surface area contributed by atoms with E-state index in [-0.39, 0.29) is 5.69 Å². The number of piperidine rings is 2. The maximum atomic E-state index is 14.4. The van der Waals surface area contributed by atoms with Crippen LogP contribution in [0.1, 0.15) is 43.4 Å². The molecule has 7 heteroatoms. The number of benzene rings is 1. The van der Waals surface area contributed by atoms with Crippen molar-refractivity contribution in [3.05, 3.63) is 53.6 Å². The molecule has 166 valence electrons. The number of hydrogen-bond acceptors (Lipinski definition) is 4. The van der Waals surface area contributed by atoms with E-state index >= 15 is 0 Å². The molecule has 1 aromatic heterocycles. The fourth-order valence-electron chi connectivity index (χ4n) is 4.80. The molecule has 0 aliphatic carbocycles. The molecule has 4 rings (SSSR count). The van der Waals surface area contributed by atoms with Gasteiger partial charge in [-0.1, -0.05) is 12.5 Å². The molecule has 0 saturated carbocycles. The van der Waals surface area contributed by atoms with Crippen molar-refractivity contribution in [1.82, 2.24) is 15.2 Å². The lowest BCUT2D eigenvalue weighted by Crippen LogP contribution is -2.46. The van der Waals surface area contributed by atoms with E-state index in [1.807, 2.05) is 19.1 Å². The van der Waals surface area contributed by atoms with Crippen LogP contribution >= 0.6 is 0 Å². The van der Waals surface area contributed by atoms with Gasteiger partial charge in [-0.2, -0.15) is 0 Å². The van der Waals surface area contributed by atoms with Crippen LogP contribution in [0.3, 0.4) is 0 Å². The summed E-state index contributed by atoms with van der Waals surface area (Å²) >= 11 is 0. The third kappa shape index (κ3) is 5.80. The maximum absolute atomic E-state index is 14.4. The molecule has 0 radical (unpaired) electrons. The predicted octanol–water partition coefficient (Wildman–Crippen LogP) is 4.53. The predicted molar refractivity (Wildman–Crippen MR) is 122 cm³/mol. The van der Waals surface area contributed by atoms with Crippen LogP contribution < -0.4 is 16.0 Å². The van der Waals surface area contributed by atoms with Gasteiger partial charge in [0.2, 0.25) is 0 Å². The second kappa shape index (κ2) is 10.2. The Labute approximate surface area is 183 Å². The van der Waals surface area contributed by atoms with E-state index < -0.39 is 11.8 Å². The first-order valence-corrected chi connectivity index (χ1v) is 11.3. The summed E-state index contributed by atoms with van der Waals surface area (Å²) < 4.78 is 14.4. The number of carbonyl (C=O) groups excluding carboxylic acids is 1. The minimum absolute atomic E-state index is 0.200. The highest BCUT2D eigenvalue weighted by Gasteiger charge is 2.30. The van der Waals surface area contributed by atoms with Gasteiger partial charge in [0.15, 0.2) is 0 Å². The molecule has 0 bridgehead atoms. The normalized spacial score (nSPS) is 20.4. The van der Waals surface area contributed by atoms with Gasteiger partial charge in [-0.25, -0.2) is 9.18 Å². The van der Waals surface area contributed by atoms with Crippen LogP contribution in [0.4, 0.5) is 20.6 Å². The second-order valence-electron chi connectivity index (χ2n) is 8.70. The quantitative estimate of drug-likeness (QED) is 0.658. The lowest BCUT2D eigenvalue weighted by atomic mass is 9.84. The maximum Gasteiger partial charge on any atom is 0.323 e. The number of rotatable bonds is 5. The molecule has 3 N–H and O–H groups in total. The van der Waals surface area contributed by atoms with Crippen molar-refractivity contribution in [1.29, 1.82) is 0 Å². The summed E-state index contributed by atoms with van der Waals surface area (Å²) in [6.45, 7) is 5.95. The van der Waals surface area contributed by atoms with E-state index in [0.717, 1.165) is 43.4 Å². The fourth-order valence-corrected chi connectivity index (χ4v) is 4.80. The van der Waals surface area contributed by atoms with Gasteiger partial charge < -0.3 is 16.0 Å². The third-order valence-corrected chi connectivity index (χ3v) is 6.43. The van der Waals surface area contributed by atoms with Crippen LogP contribution in [-0.4, -0.2) is 41.6 Å². The van der Waals surface area contributed by atoms with E-state index in [1.165, 1.54) is 38.2 Å². The zero-order valence-electron chi connectivity index (χ0n) is 18.2. The van der Waals surface area contributed by atoms with Crippen LogP contribution in [0.15, 0.2) is 36.5 Å². The number of nitrogens with one attached hydrogen (secondary N) is 3. The number of likely N-dealkylation sites (tertiary alicyclic amines) is 1. The Hall–Kier alpha value is -2.51. The standard InChI is InChI=1S/C24H32FN5O/c1-17-5-7-20(15-27-17)28-24(31)29-22-14-18(6-8-21(22)25)16-30-13-3-2-4-23(30)19-9-11-26-12-10-19/h5-8,14-15,19,23,26H,2-4,9-13,16H2,1H3,(H2,28,29,31). The molecule has 3 heterocycles. The van der Waals surface area contributed by atoms with Crippen molar-refractivity contribution < 1.29 is 9.18 Å². The smallest absolute Gasteiger partial charge is 0.317 e. The van der Waals surface area contributed by atoms with Crippen molar-refractivity contribution >= 4 is 17.4 Å². The summed E-state index contributed by atoms with van der Waals surface area (Å²) in [5.41, 5.74) is 2.66. The summed E-state index contributed by atoms with van der Waals surface area (Å²) in [5, 5.41) is 8.81. The lowest BCUT2D eigenvalue weighted by Gasteiger charge is -2.42. The number of anilines is 2. The molecule has 1 unspecified atom stereocenters. The van der Waals surface area contributed by atoms with Crippen LogP contribution in [0.2, 0.25) is 0 Å². The van der Waals surface area contributed by atoms with Gasteiger partial charge in [-0.3, -0.25) is 9.88 Å². The number of aryl methyl sites for hydroxylation is 1. The molecule has 2 aliphatic heterocycles. The molecular formula is C24H32FN5O. The Balaban J connectivity index is 1.41. The Bertz CT molecular complexity index is 882. The topological polar surface area (TPSA) is 69.3 Å². The highest BCUT2D eigenvalue weighted by atomic mass is 19.1. The van der Waals surface area contributed by atoms with Gasteiger partial charge in [0.25, 0.3) is 0 Å². The number of pyridine rings is 1. The van der Waals surface area contributed by atoms with Crippen LogP contribution in [0.5, 0.6) is 0 Å². The average Bonchev–Trinajstić information content (AvgIpc) is 2.78. The largest absolute Gasteiger partial charge is 0.323 e. The van der Waals surface area contributed by atoms with E-state index in [4.69, 9.17) is 0 Å². The summed E-state index contributed by atoms with van der Waals surface area (Å²) in [4.78, 5) is 19.1. The summed E-state index contributed by atoms with van der Waals surface area (Å²) in [7, 11) is 0. The number of carbonyl (C=O) groups is 1. The molecule has 31 heavy (non-hydrogen) atoms. The first-order valence-electron chi connectivity index (χ1n) is 11.3. The van der Waals surface area contributed by atoms with Crippen molar-refractivity contribution in [2.75, 3.05) is 30.3 Å². The molecule has 6 nitrogen and oxygen atoms in total. The molecule has 1 atom stereocenters. The van der Waals surface area contributed by atoms with E-state index in [0.29, 0.717) is 11.7 Å². The Kier molecular flexibility index (Phi) is 7.14. The van der Waals surface area contributed by atoms with Gasteiger partial charge in [0.05, 0.1) is 17.6 Å². The average molecular weight is 426 g/mol. The van der Waals surface area contributed by atoms with E-state index in [9.17, 15) is 9.18 Å². The van der Waals surface area contributed by atoms with Crippen molar-refractivity contribution in [3.8, 4) is 0 Å². The summed E-state index contributed by atoms with van der Waals surface area (Å²) in [6, 6.07) is 8.73. The van der Waals surface area contributed by atoms with Gasteiger partial charge in [0, 0.05) is 18.3 Å². The Morgan fingerprint density at radius 3 is 2.77 bits per heavy atom. The second-order valence-corrected chi connectivity index (χ2v) is 8.70. The monoisotopic (exact) mass is 425 g/mol. The minimum atomic E-state index is -0.479. The Morgan fingerprint density at radius 1 is 1.16 bits per heavy atom. The zero-order chi connectivity index (χ0) is 21.6. The number of halogens is 1. The van der Waals surface area contributed by atoms with Crippen molar-refractivity contribution in [2.45, 2.75) is 51.6 Å². The number of nitrogens with zero attached hydrogens (tertiary/aromatic N) is 2. The number of amides is 2. The first kappa shape index (κ1) is 21.7.